The number of rotatable bonds is 23. The molecule has 0 fully saturated rings. The van der Waals surface area contributed by atoms with Crippen molar-refractivity contribution in [3.05, 3.63) is 88.0 Å². The minimum absolute atomic E-state index is 0.940. The number of unbranched alkanes of at least 4 members (excludes halogenated alkanes) is 14. The molecule has 0 bridgehead atoms. The summed E-state index contributed by atoms with van der Waals surface area (Å²) in [6.07, 6.45) is 27.8. The monoisotopic (exact) mass is 554 g/mol. The highest BCUT2D eigenvalue weighted by Gasteiger charge is 2.12. The first-order valence-corrected chi connectivity index (χ1v) is 17.1. The van der Waals surface area contributed by atoms with Gasteiger partial charge in [-0.1, -0.05) is 159 Å². The lowest BCUT2D eigenvalue weighted by Crippen LogP contribution is -1.97. The first-order valence-electron chi connectivity index (χ1n) is 17.1. The lowest BCUT2D eigenvalue weighted by atomic mass is 9.88. The molecule has 2 aromatic carbocycles. The molecule has 0 amide bonds. The van der Waals surface area contributed by atoms with Gasteiger partial charge in [-0.25, -0.2) is 0 Å². The zero-order valence-electron chi connectivity index (χ0n) is 26.7. The van der Waals surface area contributed by atoms with Crippen LogP contribution in [0.4, 0.5) is 0 Å². The molecule has 0 aliphatic carbocycles. The smallest absolute Gasteiger partial charge is 0.299 e. The lowest BCUT2D eigenvalue weighted by Gasteiger charge is -2.15. The van der Waals surface area contributed by atoms with E-state index in [2.05, 4.69) is 80.0 Å². The van der Waals surface area contributed by atoms with Crippen LogP contribution in [-0.2, 0) is 12.8 Å². The van der Waals surface area contributed by atoms with Crippen molar-refractivity contribution in [2.24, 2.45) is 0 Å². The van der Waals surface area contributed by atoms with Crippen LogP contribution in [0.5, 0.6) is 0 Å². The highest BCUT2D eigenvalue weighted by Crippen LogP contribution is 2.31. The van der Waals surface area contributed by atoms with E-state index in [9.17, 15) is 0 Å². The highest BCUT2D eigenvalue weighted by atomic mass is 14.8. The SMILES string of the molecule is CCCCCCCCCCCCCCCc1cccc(C(=C(C=C=[N+]=[N-])CCCC)c2ccc(CCCC)cc2)c1. The van der Waals surface area contributed by atoms with Gasteiger partial charge in [0.15, 0.2) is 0 Å². The predicted octanol–water partition coefficient (Wildman–Crippen LogP) is 12.1. The quantitative estimate of drug-likeness (QED) is 0.0430. The second-order valence-corrected chi connectivity index (χ2v) is 11.9. The number of nitrogens with zero attached hydrogens (tertiary/aromatic N) is 2. The summed E-state index contributed by atoms with van der Waals surface area (Å²) in [7, 11) is 0. The second-order valence-electron chi connectivity index (χ2n) is 11.9. The Morgan fingerprint density at radius 1 is 0.610 bits per heavy atom. The summed E-state index contributed by atoms with van der Waals surface area (Å²) in [5.41, 5.74) is 16.8. The fourth-order valence-corrected chi connectivity index (χ4v) is 5.73. The minimum atomic E-state index is 0.940. The molecule has 0 atom stereocenters. The average Bonchev–Trinajstić information content (AvgIpc) is 3.00. The van der Waals surface area contributed by atoms with Crippen molar-refractivity contribution in [1.29, 1.82) is 0 Å². The Labute approximate surface area is 253 Å². The molecule has 0 saturated heterocycles. The standard InChI is InChI=1S/C39H58N2/c1-4-7-10-11-12-13-14-15-16-17-18-19-20-23-35-24-21-26-38(33-35)39(36(25-9-6-3)31-32-41-40)37-29-27-34(28-30-37)22-8-5-2/h21,24,26-31,33H,4-20,22-23,25H2,1-3H3. The van der Waals surface area contributed by atoms with Crippen LogP contribution < -0.4 is 0 Å². The molecule has 0 unspecified atom stereocenters. The van der Waals surface area contributed by atoms with Crippen LogP contribution in [0, 0.1) is 0 Å². The minimum Gasteiger partial charge on any atom is -0.348 e. The van der Waals surface area contributed by atoms with Gasteiger partial charge in [0.05, 0.1) is 6.08 Å². The molecule has 2 nitrogen and oxygen atoms in total. The van der Waals surface area contributed by atoms with Crippen molar-refractivity contribution in [3.63, 3.8) is 0 Å². The van der Waals surface area contributed by atoms with Crippen molar-refractivity contribution in [2.75, 3.05) is 0 Å². The predicted molar refractivity (Wildman–Crippen MR) is 180 cm³/mol. The normalized spacial score (nSPS) is 11.6. The van der Waals surface area contributed by atoms with Gasteiger partial charge in [-0.15, -0.1) is 4.79 Å². The largest absolute Gasteiger partial charge is 0.348 e. The summed E-state index contributed by atoms with van der Waals surface area (Å²) < 4.78 is 0. The van der Waals surface area contributed by atoms with Gasteiger partial charge in [-0.2, -0.15) is 0 Å². The summed E-state index contributed by atoms with van der Waals surface area (Å²) in [6.45, 7) is 6.76. The molecule has 0 saturated carbocycles. The maximum Gasteiger partial charge on any atom is 0.299 e. The fourth-order valence-electron chi connectivity index (χ4n) is 5.73. The van der Waals surface area contributed by atoms with Crippen molar-refractivity contribution < 1.29 is 4.79 Å². The van der Waals surface area contributed by atoms with Crippen LogP contribution in [0.1, 0.15) is 159 Å². The van der Waals surface area contributed by atoms with Crippen LogP contribution in [-0.4, -0.2) is 10.7 Å². The lowest BCUT2D eigenvalue weighted by molar-refractivity contribution is 0.00800. The third kappa shape index (κ3) is 14.7. The molecule has 0 radical (unpaired) electrons. The van der Waals surface area contributed by atoms with E-state index in [1.807, 2.05) is 6.08 Å². The van der Waals surface area contributed by atoms with E-state index in [0.717, 1.165) is 32.1 Å². The molecular formula is C39H58N2. The van der Waals surface area contributed by atoms with Gasteiger partial charge in [0.2, 0.25) is 0 Å². The van der Waals surface area contributed by atoms with Gasteiger partial charge in [0.1, 0.15) is 0 Å². The van der Waals surface area contributed by atoms with Gasteiger partial charge < -0.3 is 5.53 Å². The number of aryl methyl sites for hydroxylation is 2. The third-order valence-corrected chi connectivity index (χ3v) is 8.26. The average molecular weight is 555 g/mol. The zero-order valence-corrected chi connectivity index (χ0v) is 26.7. The second kappa shape index (κ2) is 23.0. The highest BCUT2D eigenvalue weighted by molar-refractivity contribution is 5.85. The van der Waals surface area contributed by atoms with Crippen molar-refractivity contribution in [1.82, 2.24) is 0 Å². The van der Waals surface area contributed by atoms with Crippen LogP contribution in [0.15, 0.2) is 60.2 Å². The van der Waals surface area contributed by atoms with Gasteiger partial charge in [-0.05, 0) is 71.9 Å². The molecule has 0 aromatic heterocycles. The van der Waals surface area contributed by atoms with Gasteiger partial charge in [0.25, 0.3) is 5.87 Å². The summed E-state index contributed by atoms with van der Waals surface area (Å²) in [5, 5.41) is 0. The van der Waals surface area contributed by atoms with E-state index in [-0.39, 0.29) is 0 Å². The van der Waals surface area contributed by atoms with Crippen LogP contribution in [0.3, 0.4) is 0 Å². The summed E-state index contributed by atoms with van der Waals surface area (Å²) in [5.74, 6) is 2.71. The Morgan fingerprint density at radius 3 is 1.76 bits per heavy atom. The Balaban J connectivity index is 2.00. The zero-order chi connectivity index (χ0) is 29.4. The van der Waals surface area contributed by atoms with E-state index >= 15 is 0 Å². The van der Waals surface area contributed by atoms with E-state index < -0.39 is 0 Å². The summed E-state index contributed by atoms with van der Waals surface area (Å²) in [4.78, 5) is 3.18. The maximum absolute atomic E-state index is 9.14. The van der Waals surface area contributed by atoms with Crippen molar-refractivity contribution in [3.8, 4) is 0 Å². The molecule has 0 N–H and O–H groups in total. The molecule has 2 aromatic rings. The number of allylic oxidation sites excluding steroid dienone is 2. The molecule has 0 aliphatic heterocycles. The third-order valence-electron chi connectivity index (χ3n) is 8.26. The van der Waals surface area contributed by atoms with Crippen LogP contribution in [0.25, 0.3) is 11.1 Å². The first kappa shape index (κ1) is 34.5. The van der Waals surface area contributed by atoms with Crippen molar-refractivity contribution >= 4 is 11.4 Å². The molecule has 41 heavy (non-hydrogen) atoms. The number of benzene rings is 2. The first-order chi connectivity index (χ1) is 20.2. The van der Waals surface area contributed by atoms with Crippen LogP contribution in [0.2, 0.25) is 0 Å². The molecule has 0 aliphatic rings. The molecule has 2 heteroatoms. The summed E-state index contributed by atoms with van der Waals surface area (Å²) in [6, 6.07) is 18.2. The summed E-state index contributed by atoms with van der Waals surface area (Å²) >= 11 is 0. The Kier molecular flexibility index (Phi) is 19.3. The Morgan fingerprint density at radius 2 is 1.17 bits per heavy atom. The topological polar surface area (TPSA) is 36.4 Å². The molecule has 0 spiro atoms. The van der Waals surface area contributed by atoms with Crippen LogP contribution >= 0.6 is 0 Å². The van der Waals surface area contributed by atoms with E-state index in [1.54, 1.807) is 0 Å². The Hall–Kier alpha value is -2.66. The van der Waals surface area contributed by atoms with Gasteiger partial charge in [0, 0.05) is 0 Å². The van der Waals surface area contributed by atoms with Gasteiger partial charge in [-0.3, -0.25) is 0 Å². The fraction of sp³-hybridized carbons (Fsp3) is 0.590. The number of hydrogen-bond acceptors (Lipinski definition) is 0. The molecule has 0 heterocycles. The maximum atomic E-state index is 9.14. The van der Waals surface area contributed by atoms with Crippen molar-refractivity contribution in [2.45, 2.75) is 149 Å². The molecule has 2 rings (SSSR count). The van der Waals surface area contributed by atoms with E-state index in [4.69, 9.17) is 5.53 Å². The van der Waals surface area contributed by atoms with E-state index in [1.165, 1.54) is 130 Å². The molecule has 224 valence electrons. The Bertz CT molecular complexity index is 1070. The molecular weight excluding hydrogens is 496 g/mol. The van der Waals surface area contributed by atoms with Gasteiger partial charge >= 0.3 is 0 Å². The van der Waals surface area contributed by atoms with E-state index in [0.29, 0.717) is 0 Å². The number of hydrogen-bond donors (Lipinski definition) is 0.